The van der Waals surface area contributed by atoms with Crippen molar-refractivity contribution in [2.75, 3.05) is 26.5 Å². The topological polar surface area (TPSA) is 128 Å². The van der Waals surface area contributed by atoms with Crippen LogP contribution in [0.1, 0.15) is 43.1 Å². The molecule has 3 aliphatic rings. The first-order valence-corrected chi connectivity index (χ1v) is 11.4. The zero-order chi connectivity index (χ0) is 22.4. The maximum absolute atomic E-state index is 13.3. The minimum Gasteiger partial charge on any atom is -0.454 e. The summed E-state index contributed by atoms with van der Waals surface area (Å²) in [6.45, 7) is 2.73. The minimum absolute atomic E-state index is 0.0608. The molecule has 2 saturated heterocycles. The lowest BCUT2D eigenvalue weighted by Crippen LogP contribution is -2.42. The Hall–Kier alpha value is -3.02. The Morgan fingerprint density at radius 2 is 1.97 bits per heavy atom. The molecule has 5 heterocycles. The number of H-pyrrole nitrogens is 1. The number of hydrogen-bond donors (Lipinski definition) is 2. The van der Waals surface area contributed by atoms with Gasteiger partial charge in [0, 0.05) is 36.7 Å². The molecule has 2 fully saturated rings. The van der Waals surface area contributed by atoms with Gasteiger partial charge in [-0.05, 0) is 48.2 Å². The SMILES string of the molecule is O=c1[nH]c2cc3c(cc2cc1[C@H](c1nnnn1C[C@@H]1CCCO1)N1CCC(O)CC1)OCO3. The number of ether oxygens (including phenoxy) is 3. The van der Waals surface area contributed by atoms with Crippen molar-refractivity contribution >= 4 is 10.9 Å². The van der Waals surface area contributed by atoms with Crippen LogP contribution in [0.3, 0.4) is 0 Å². The molecule has 11 nitrogen and oxygen atoms in total. The molecule has 0 saturated carbocycles. The molecular weight excluding hydrogens is 428 g/mol. The highest BCUT2D eigenvalue weighted by atomic mass is 16.7. The number of fused-ring (bicyclic) bond motifs is 2. The fourth-order valence-corrected chi connectivity index (χ4v) is 4.98. The molecular formula is C22H26N6O5. The van der Waals surface area contributed by atoms with E-state index in [1.165, 1.54) is 0 Å². The Kier molecular flexibility index (Phi) is 5.24. The van der Waals surface area contributed by atoms with Crippen molar-refractivity contribution in [3.63, 3.8) is 0 Å². The van der Waals surface area contributed by atoms with Crippen LogP contribution in [0.5, 0.6) is 11.5 Å². The van der Waals surface area contributed by atoms with Crippen LogP contribution in [-0.2, 0) is 11.3 Å². The number of likely N-dealkylation sites (tertiary alicyclic amines) is 1. The van der Waals surface area contributed by atoms with Crippen molar-refractivity contribution in [3.8, 4) is 11.5 Å². The molecule has 174 valence electrons. The van der Waals surface area contributed by atoms with E-state index >= 15 is 0 Å². The van der Waals surface area contributed by atoms with Crippen LogP contribution in [0, 0.1) is 0 Å². The van der Waals surface area contributed by atoms with Crippen LogP contribution < -0.4 is 15.0 Å². The summed E-state index contributed by atoms with van der Waals surface area (Å²) in [4.78, 5) is 18.5. The third-order valence-electron chi connectivity index (χ3n) is 6.73. The van der Waals surface area contributed by atoms with Gasteiger partial charge in [-0.1, -0.05) is 0 Å². The van der Waals surface area contributed by atoms with Gasteiger partial charge in [0.25, 0.3) is 5.56 Å². The minimum atomic E-state index is -0.451. The van der Waals surface area contributed by atoms with Gasteiger partial charge >= 0.3 is 0 Å². The Morgan fingerprint density at radius 3 is 2.76 bits per heavy atom. The summed E-state index contributed by atoms with van der Waals surface area (Å²) in [6, 6.07) is 5.10. The molecule has 2 aromatic heterocycles. The summed E-state index contributed by atoms with van der Waals surface area (Å²) in [5.74, 6) is 1.88. The van der Waals surface area contributed by atoms with E-state index in [4.69, 9.17) is 14.2 Å². The third-order valence-corrected chi connectivity index (χ3v) is 6.73. The summed E-state index contributed by atoms with van der Waals surface area (Å²) in [5, 5.41) is 23.4. The average molecular weight is 454 g/mol. The molecule has 3 aromatic rings. The van der Waals surface area contributed by atoms with Crippen molar-refractivity contribution in [3.05, 3.63) is 39.9 Å². The predicted octanol–water partition coefficient (Wildman–Crippen LogP) is 0.968. The number of piperidine rings is 1. The van der Waals surface area contributed by atoms with E-state index in [0.717, 1.165) is 24.8 Å². The zero-order valence-corrected chi connectivity index (χ0v) is 18.1. The monoisotopic (exact) mass is 454 g/mol. The summed E-state index contributed by atoms with van der Waals surface area (Å²) < 4.78 is 18.5. The lowest BCUT2D eigenvalue weighted by Gasteiger charge is -2.35. The van der Waals surface area contributed by atoms with E-state index in [1.54, 1.807) is 10.7 Å². The van der Waals surface area contributed by atoms with Gasteiger partial charge in [-0.15, -0.1) is 5.10 Å². The van der Waals surface area contributed by atoms with Gasteiger partial charge in [0.05, 0.1) is 24.3 Å². The summed E-state index contributed by atoms with van der Waals surface area (Å²) in [7, 11) is 0. The first kappa shape index (κ1) is 20.6. The normalized spacial score (nSPS) is 22.3. The molecule has 11 heteroatoms. The molecule has 2 N–H and O–H groups in total. The highest BCUT2D eigenvalue weighted by Crippen LogP contribution is 2.36. The van der Waals surface area contributed by atoms with E-state index in [2.05, 4.69) is 25.4 Å². The third kappa shape index (κ3) is 3.85. The van der Waals surface area contributed by atoms with E-state index in [0.29, 0.717) is 60.9 Å². The van der Waals surface area contributed by atoms with Crippen LogP contribution in [0.25, 0.3) is 10.9 Å². The number of tetrazole rings is 1. The van der Waals surface area contributed by atoms with Gasteiger partial charge in [0.1, 0.15) is 6.04 Å². The Labute approximate surface area is 189 Å². The van der Waals surface area contributed by atoms with Crippen LogP contribution in [0.2, 0.25) is 0 Å². The number of nitrogens with zero attached hydrogens (tertiary/aromatic N) is 5. The molecule has 0 amide bonds. The van der Waals surface area contributed by atoms with Crippen molar-refractivity contribution in [2.24, 2.45) is 0 Å². The number of nitrogens with one attached hydrogen (secondary N) is 1. The lowest BCUT2D eigenvalue weighted by molar-refractivity contribution is 0.0632. The Bertz CT molecular complexity index is 1210. The van der Waals surface area contributed by atoms with E-state index in [-0.39, 0.29) is 24.6 Å². The second-order valence-corrected chi connectivity index (χ2v) is 8.87. The fraction of sp³-hybridized carbons (Fsp3) is 0.545. The first-order chi connectivity index (χ1) is 16.2. The smallest absolute Gasteiger partial charge is 0.253 e. The highest BCUT2D eigenvalue weighted by molar-refractivity contribution is 5.83. The van der Waals surface area contributed by atoms with Gasteiger partial charge < -0.3 is 24.3 Å². The van der Waals surface area contributed by atoms with E-state index < -0.39 is 6.04 Å². The second-order valence-electron chi connectivity index (χ2n) is 8.87. The van der Waals surface area contributed by atoms with Gasteiger partial charge in [-0.2, -0.15) is 0 Å². The Morgan fingerprint density at radius 1 is 1.15 bits per heavy atom. The second kappa shape index (κ2) is 8.40. The quantitative estimate of drug-likeness (QED) is 0.579. The molecule has 0 aliphatic carbocycles. The molecule has 0 radical (unpaired) electrons. The van der Waals surface area contributed by atoms with Gasteiger partial charge in [-0.25, -0.2) is 4.68 Å². The number of aromatic amines is 1. The number of aliphatic hydroxyl groups is 1. The number of rotatable bonds is 5. The Balaban J connectivity index is 1.44. The lowest BCUT2D eigenvalue weighted by atomic mass is 9.99. The number of aromatic nitrogens is 5. The van der Waals surface area contributed by atoms with Gasteiger partial charge in [0.2, 0.25) is 6.79 Å². The maximum atomic E-state index is 13.3. The summed E-state index contributed by atoms with van der Waals surface area (Å²) in [5.41, 5.74) is 1.03. The number of benzene rings is 1. The van der Waals surface area contributed by atoms with Crippen LogP contribution >= 0.6 is 0 Å². The predicted molar refractivity (Wildman–Crippen MR) is 116 cm³/mol. The summed E-state index contributed by atoms with van der Waals surface area (Å²) in [6.07, 6.45) is 2.98. The molecule has 0 unspecified atom stereocenters. The van der Waals surface area contributed by atoms with Gasteiger partial charge in [0.15, 0.2) is 17.3 Å². The van der Waals surface area contributed by atoms with Crippen molar-refractivity contribution in [1.82, 2.24) is 30.1 Å². The van der Waals surface area contributed by atoms with Crippen molar-refractivity contribution < 1.29 is 19.3 Å². The van der Waals surface area contributed by atoms with Crippen molar-refractivity contribution in [1.29, 1.82) is 0 Å². The maximum Gasteiger partial charge on any atom is 0.253 e. The van der Waals surface area contributed by atoms with Crippen molar-refractivity contribution in [2.45, 2.75) is 50.5 Å². The van der Waals surface area contributed by atoms with E-state index in [1.807, 2.05) is 12.1 Å². The molecule has 0 spiro atoms. The highest BCUT2D eigenvalue weighted by Gasteiger charge is 2.33. The molecule has 3 aliphatic heterocycles. The van der Waals surface area contributed by atoms with E-state index in [9.17, 15) is 9.90 Å². The summed E-state index contributed by atoms with van der Waals surface area (Å²) >= 11 is 0. The van der Waals surface area contributed by atoms with Crippen LogP contribution in [-0.4, -0.2) is 73.9 Å². The average Bonchev–Trinajstić information content (AvgIpc) is 3.57. The first-order valence-electron chi connectivity index (χ1n) is 11.4. The fourth-order valence-electron chi connectivity index (χ4n) is 4.98. The molecule has 0 bridgehead atoms. The standard InChI is InChI=1S/C22H26N6O5/c29-14-3-5-27(6-4-14)20(21-24-25-26-28(21)11-15-2-1-7-31-15)16-8-13-9-18-19(33-12-32-18)10-17(13)23-22(16)30/h8-10,14-15,20,29H,1-7,11-12H2,(H,23,30)/t15-,20+/m0/s1. The zero-order valence-electron chi connectivity index (χ0n) is 18.1. The molecule has 2 atom stereocenters. The number of aliphatic hydroxyl groups excluding tert-OH is 1. The van der Waals surface area contributed by atoms with Crippen LogP contribution in [0.4, 0.5) is 0 Å². The number of pyridine rings is 1. The molecule has 1 aromatic carbocycles. The van der Waals surface area contributed by atoms with Crippen LogP contribution in [0.15, 0.2) is 23.0 Å². The molecule has 6 rings (SSSR count). The number of hydrogen-bond acceptors (Lipinski definition) is 9. The largest absolute Gasteiger partial charge is 0.454 e. The van der Waals surface area contributed by atoms with Gasteiger partial charge in [-0.3, -0.25) is 9.69 Å². The molecule has 33 heavy (non-hydrogen) atoms.